The standard InChI is InChI=1S/C18H15ClN2O5/c1-12-4-2-3-5-13(12)6-9-18(23)26-11-17(22)20-15-8-7-14(19)10-16(15)21(24)25/h2-10H,11H2,1H3,(H,20,22)/b9-6+. The largest absolute Gasteiger partial charge is 0.452 e. The fraction of sp³-hybridized carbons (Fsp3) is 0.111. The van der Waals surface area contributed by atoms with E-state index in [2.05, 4.69) is 5.32 Å². The van der Waals surface area contributed by atoms with Crippen molar-refractivity contribution in [2.24, 2.45) is 0 Å². The van der Waals surface area contributed by atoms with Crippen molar-refractivity contribution >= 4 is 40.9 Å². The number of aryl methyl sites for hydroxylation is 1. The minimum atomic E-state index is -0.701. The molecule has 8 heteroatoms. The van der Waals surface area contributed by atoms with Crippen LogP contribution in [0.3, 0.4) is 0 Å². The number of nitrogens with zero attached hydrogens (tertiary/aromatic N) is 1. The number of hydrogen-bond donors (Lipinski definition) is 1. The van der Waals surface area contributed by atoms with Crippen LogP contribution in [-0.4, -0.2) is 23.4 Å². The predicted molar refractivity (Wildman–Crippen MR) is 97.9 cm³/mol. The monoisotopic (exact) mass is 374 g/mol. The van der Waals surface area contributed by atoms with E-state index in [1.807, 2.05) is 31.2 Å². The van der Waals surface area contributed by atoms with Gasteiger partial charge in [0.25, 0.3) is 11.6 Å². The molecule has 2 aromatic carbocycles. The Morgan fingerprint density at radius 2 is 2.00 bits per heavy atom. The van der Waals surface area contributed by atoms with Gasteiger partial charge in [-0.25, -0.2) is 4.79 Å². The van der Waals surface area contributed by atoms with E-state index in [1.54, 1.807) is 6.08 Å². The molecule has 2 aromatic rings. The van der Waals surface area contributed by atoms with Crippen LogP contribution < -0.4 is 5.32 Å². The van der Waals surface area contributed by atoms with Crippen molar-refractivity contribution in [3.63, 3.8) is 0 Å². The van der Waals surface area contributed by atoms with Crippen LogP contribution in [0.5, 0.6) is 0 Å². The Morgan fingerprint density at radius 3 is 2.69 bits per heavy atom. The van der Waals surface area contributed by atoms with Gasteiger partial charge in [0.1, 0.15) is 5.69 Å². The summed E-state index contributed by atoms with van der Waals surface area (Å²) < 4.78 is 4.83. The van der Waals surface area contributed by atoms with Crippen LogP contribution in [0, 0.1) is 17.0 Å². The second-order valence-corrected chi connectivity index (χ2v) is 5.70. The number of nitro benzene ring substituents is 1. The van der Waals surface area contributed by atoms with Gasteiger partial charge in [0.05, 0.1) is 4.92 Å². The van der Waals surface area contributed by atoms with Gasteiger partial charge in [-0.1, -0.05) is 35.9 Å². The Kier molecular flexibility index (Phi) is 6.46. The molecule has 26 heavy (non-hydrogen) atoms. The summed E-state index contributed by atoms with van der Waals surface area (Å²) in [7, 11) is 0. The minimum Gasteiger partial charge on any atom is -0.452 e. The lowest BCUT2D eigenvalue weighted by molar-refractivity contribution is -0.383. The minimum absolute atomic E-state index is 0.0316. The molecule has 134 valence electrons. The third-order valence-electron chi connectivity index (χ3n) is 3.36. The summed E-state index contributed by atoms with van der Waals surface area (Å²) in [6.07, 6.45) is 2.79. The van der Waals surface area contributed by atoms with Crippen molar-refractivity contribution in [3.05, 3.63) is 74.8 Å². The number of hydrogen-bond acceptors (Lipinski definition) is 5. The lowest BCUT2D eigenvalue weighted by atomic mass is 10.1. The summed E-state index contributed by atoms with van der Waals surface area (Å²) in [4.78, 5) is 33.8. The van der Waals surface area contributed by atoms with Gasteiger partial charge in [-0.2, -0.15) is 0 Å². The number of nitrogens with one attached hydrogen (secondary N) is 1. The molecule has 0 aliphatic heterocycles. The van der Waals surface area contributed by atoms with Crippen LogP contribution in [0.4, 0.5) is 11.4 Å². The SMILES string of the molecule is Cc1ccccc1/C=C/C(=O)OCC(=O)Nc1ccc(Cl)cc1[N+](=O)[O-]. The van der Waals surface area contributed by atoms with Gasteiger partial charge in [0.2, 0.25) is 0 Å². The Labute approximate surface area is 154 Å². The van der Waals surface area contributed by atoms with E-state index in [0.717, 1.165) is 17.2 Å². The molecule has 0 saturated carbocycles. The molecule has 1 N–H and O–H groups in total. The molecule has 0 bridgehead atoms. The maximum atomic E-state index is 11.8. The molecule has 0 saturated heterocycles. The molecule has 0 fully saturated rings. The van der Waals surface area contributed by atoms with Crippen molar-refractivity contribution in [3.8, 4) is 0 Å². The maximum Gasteiger partial charge on any atom is 0.331 e. The van der Waals surface area contributed by atoms with Crippen molar-refractivity contribution in [2.45, 2.75) is 6.92 Å². The summed E-state index contributed by atoms with van der Waals surface area (Å²) in [5.41, 5.74) is 1.46. The van der Waals surface area contributed by atoms with Crippen LogP contribution >= 0.6 is 11.6 Å². The van der Waals surface area contributed by atoms with Gasteiger partial charge >= 0.3 is 5.97 Å². The first-order valence-electron chi connectivity index (χ1n) is 7.51. The van der Waals surface area contributed by atoms with E-state index < -0.39 is 23.4 Å². The van der Waals surface area contributed by atoms with E-state index in [9.17, 15) is 19.7 Å². The molecular weight excluding hydrogens is 360 g/mol. The smallest absolute Gasteiger partial charge is 0.331 e. The second kappa shape index (κ2) is 8.77. The predicted octanol–water partition coefficient (Wildman–Crippen LogP) is 3.75. The molecule has 0 spiro atoms. The zero-order valence-corrected chi connectivity index (χ0v) is 14.5. The average Bonchev–Trinajstić information content (AvgIpc) is 2.60. The number of carbonyl (C=O) groups excluding carboxylic acids is 2. The van der Waals surface area contributed by atoms with Crippen LogP contribution in [0.15, 0.2) is 48.5 Å². The first kappa shape index (κ1) is 19.1. The van der Waals surface area contributed by atoms with Gasteiger partial charge in [-0.3, -0.25) is 14.9 Å². The first-order chi connectivity index (χ1) is 12.4. The summed E-state index contributed by atoms with van der Waals surface area (Å²) in [5, 5.41) is 13.5. The number of halogens is 1. The molecule has 0 aromatic heterocycles. The summed E-state index contributed by atoms with van der Waals surface area (Å²) >= 11 is 5.70. The van der Waals surface area contributed by atoms with Crippen molar-refractivity contribution in [2.75, 3.05) is 11.9 Å². The fourth-order valence-electron chi connectivity index (χ4n) is 2.06. The number of anilines is 1. The molecule has 0 radical (unpaired) electrons. The number of ether oxygens (including phenoxy) is 1. The van der Waals surface area contributed by atoms with Crippen LogP contribution in [0.25, 0.3) is 6.08 Å². The number of carbonyl (C=O) groups is 2. The van der Waals surface area contributed by atoms with E-state index in [-0.39, 0.29) is 16.4 Å². The maximum absolute atomic E-state index is 11.8. The van der Waals surface area contributed by atoms with E-state index >= 15 is 0 Å². The van der Waals surface area contributed by atoms with Gasteiger partial charge in [-0.05, 0) is 36.3 Å². The Morgan fingerprint density at radius 1 is 1.27 bits per heavy atom. The van der Waals surface area contributed by atoms with Gasteiger partial charge in [0.15, 0.2) is 6.61 Å². The molecule has 0 aliphatic carbocycles. The number of amides is 1. The Hall–Kier alpha value is -3.19. The summed E-state index contributed by atoms with van der Waals surface area (Å²) in [5.74, 6) is -1.40. The van der Waals surface area contributed by atoms with E-state index in [4.69, 9.17) is 16.3 Å². The van der Waals surface area contributed by atoms with Gasteiger partial charge < -0.3 is 10.1 Å². The molecule has 2 rings (SSSR count). The zero-order valence-electron chi connectivity index (χ0n) is 13.8. The molecule has 0 atom stereocenters. The third-order valence-corrected chi connectivity index (χ3v) is 3.60. The number of nitro groups is 1. The lowest BCUT2D eigenvalue weighted by Crippen LogP contribution is -2.20. The van der Waals surface area contributed by atoms with Gasteiger partial charge in [-0.15, -0.1) is 0 Å². The van der Waals surface area contributed by atoms with E-state index in [0.29, 0.717) is 0 Å². The number of rotatable bonds is 6. The highest BCUT2D eigenvalue weighted by atomic mass is 35.5. The van der Waals surface area contributed by atoms with Gasteiger partial charge in [0, 0.05) is 17.2 Å². The van der Waals surface area contributed by atoms with Crippen molar-refractivity contribution in [1.29, 1.82) is 0 Å². The Bertz CT molecular complexity index is 880. The first-order valence-corrected chi connectivity index (χ1v) is 7.89. The van der Waals surface area contributed by atoms with Crippen molar-refractivity contribution < 1.29 is 19.2 Å². The molecule has 7 nitrogen and oxygen atoms in total. The Balaban J connectivity index is 1.92. The number of esters is 1. The van der Waals surface area contributed by atoms with Crippen LogP contribution in [-0.2, 0) is 14.3 Å². The number of benzene rings is 2. The normalized spacial score (nSPS) is 10.5. The molecule has 0 heterocycles. The molecule has 0 unspecified atom stereocenters. The fourth-order valence-corrected chi connectivity index (χ4v) is 2.23. The molecule has 0 aliphatic rings. The quantitative estimate of drug-likeness (QED) is 0.359. The van der Waals surface area contributed by atoms with Crippen molar-refractivity contribution in [1.82, 2.24) is 0 Å². The highest BCUT2D eigenvalue weighted by Crippen LogP contribution is 2.27. The second-order valence-electron chi connectivity index (χ2n) is 5.26. The third kappa shape index (κ3) is 5.42. The summed E-state index contributed by atoms with van der Waals surface area (Å²) in [6.45, 7) is 1.33. The highest BCUT2D eigenvalue weighted by molar-refractivity contribution is 6.31. The summed E-state index contributed by atoms with van der Waals surface area (Å²) in [6, 6.07) is 11.3. The highest BCUT2D eigenvalue weighted by Gasteiger charge is 2.17. The topological polar surface area (TPSA) is 98.5 Å². The lowest BCUT2D eigenvalue weighted by Gasteiger charge is -2.06. The van der Waals surface area contributed by atoms with Crippen LogP contribution in [0.2, 0.25) is 5.02 Å². The van der Waals surface area contributed by atoms with E-state index in [1.165, 1.54) is 18.2 Å². The molecule has 1 amide bonds. The average molecular weight is 375 g/mol. The van der Waals surface area contributed by atoms with Crippen LogP contribution in [0.1, 0.15) is 11.1 Å². The molecular formula is C18H15ClN2O5. The zero-order chi connectivity index (χ0) is 19.1.